The monoisotopic (exact) mass is 333 g/mol. The van der Waals surface area contributed by atoms with Gasteiger partial charge in [-0.1, -0.05) is 48.0 Å². The number of aromatic hydroxyl groups is 1. The molecule has 0 fully saturated rings. The molecule has 0 radical (unpaired) electrons. The van der Waals surface area contributed by atoms with Gasteiger partial charge in [0, 0.05) is 6.42 Å². The molecule has 0 aliphatic rings. The van der Waals surface area contributed by atoms with Crippen molar-refractivity contribution in [1.29, 1.82) is 0 Å². The van der Waals surface area contributed by atoms with Gasteiger partial charge in [0.2, 0.25) is 0 Å². The third-order valence-corrected chi connectivity index (χ3v) is 3.77. The van der Waals surface area contributed by atoms with Crippen molar-refractivity contribution in [2.75, 3.05) is 6.61 Å². The summed E-state index contributed by atoms with van der Waals surface area (Å²) in [5.74, 6) is -0.528. The zero-order valence-corrected chi connectivity index (χ0v) is 13.7. The van der Waals surface area contributed by atoms with Gasteiger partial charge in [-0.15, -0.1) is 0 Å². The number of hydrogen-bond donors (Lipinski definition) is 2. The topological polar surface area (TPSA) is 72.5 Å². The zero-order valence-electron chi connectivity index (χ0n) is 13.0. The quantitative estimate of drug-likeness (QED) is 0.797. The Morgan fingerprint density at radius 3 is 2.61 bits per heavy atom. The van der Waals surface area contributed by atoms with E-state index < -0.39 is 12.0 Å². The first-order chi connectivity index (χ1) is 11.0. The number of phenolic OH excluding ortho intramolecular Hbond substituents is 1. The van der Waals surface area contributed by atoms with E-state index in [4.69, 9.17) is 22.1 Å². The molecule has 0 spiro atoms. The van der Waals surface area contributed by atoms with Crippen molar-refractivity contribution in [2.45, 2.75) is 25.8 Å². The summed E-state index contributed by atoms with van der Waals surface area (Å²) in [6.45, 7) is 1.99. The molecule has 4 nitrogen and oxygen atoms in total. The standard InChI is InChI=1S/C18H20ClNO3/c1-2-23-18(22)16(20)11-14-9-13(10-15(19)17(14)21)8-12-6-4-3-5-7-12/h3-7,9-10,16,21H,2,8,11,20H2,1H3. The molecule has 0 heterocycles. The highest BCUT2D eigenvalue weighted by Crippen LogP contribution is 2.30. The minimum absolute atomic E-state index is 0.0387. The van der Waals surface area contributed by atoms with E-state index >= 15 is 0 Å². The van der Waals surface area contributed by atoms with Crippen LogP contribution in [0.1, 0.15) is 23.6 Å². The van der Waals surface area contributed by atoms with Gasteiger partial charge < -0.3 is 15.6 Å². The predicted octanol–water partition coefficient (Wildman–Crippen LogP) is 3.07. The van der Waals surface area contributed by atoms with E-state index in [1.165, 1.54) is 0 Å². The smallest absolute Gasteiger partial charge is 0.323 e. The Morgan fingerprint density at radius 2 is 1.96 bits per heavy atom. The summed E-state index contributed by atoms with van der Waals surface area (Å²) in [4.78, 5) is 11.7. The molecular formula is C18H20ClNO3. The second-order valence-electron chi connectivity index (χ2n) is 5.31. The summed E-state index contributed by atoms with van der Waals surface area (Å²) in [6, 6.07) is 12.6. The molecule has 0 aliphatic heterocycles. The predicted molar refractivity (Wildman–Crippen MR) is 90.7 cm³/mol. The number of esters is 1. The molecule has 122 valence electrons. The second-order valence-corrected chi connectivity index (χ2v) is 5.72. The minimum atomic E-state index is -0.830. The van der Waals surface area contributed by atoms with Crippen LogP contribution in [-0.2, 0) is 22.4 Å². The van der Waals surface area contributed by atoms with Gasteiger partial charge in [-0.05, 0) is 36.1 Å². The van der Waals surface area contributed by atoms with E-state index in [-0.39, 0.29) is 23.8 Å². The molecule has 0 saturated heterocycles. The fourth-order valence-corrected chi connectivity index (χ4v) is 2.64. The number of rotatable bonds is 6. The van der Waals surface area contributed by atoms with Crippen molar-refractivity contribution in [3.63, 3.8) is 0 Å². The first-order valence-electron chi connectivity index (χ1n) is 7.47. The lowest BCUT2D eigenvalue weighted by molar-refractivity contribution is -0.144. The third kappa shape index (κ3) is 4.71. The molecule has 23 heavy (non-hydrogen) atoms. The van der Waals surface area contributed by atoms with Crippen LogP contribution >= 0.6 is 11.6 Å². The van der Waals surface area contributed by atoms with Crippen LogP contribution in [0.4, 0.5) is 0 Å². The summed E-state index contributed by atoms with van der Waals surface area (Å²) in [6.07, 6.45) is 0.857. The molecule has 1 unspecified atom stereocenters. The van der Waals surface area contributed by atoms with E-state index in [0.29, 0.717) is 12.0 Å². The lowest BCUT2D eigenvalue weighted by Crippen LogP contribution is -2.34. The van der Waals surface area contributed by atoms with Crippen LogP contribution in [0.25, 0.3) is 0 Å². The molecule has 1 atom stereocenters. The molecule has 3 N–H and O–H groups in total. The van der Waals surface area contributed by atoms with Gasteiger partial charge in [0.25, 0.3) is 0 Å². The minimum Gasteiger partial charge on any atom is -0.506 e. The zero-order chi connectivity index (χ0) is 16.8. The maximum absolute atomic E-state index is 11.7. The molecule has 0 bridgehead atoms. The Hall–Kier alpha value is -2.04. The lowest BCUT2D eigenvalue weighted by atomic mass is 9.98. The van der Waals surface area contributed by atoms with Gasteiger partial charge in [0.1, 0.15) is 11.8 Å². The van der Waals surface area contributed by atoms with Gasteiger partial charge in [0.15, 0.2) is 0 Å². The number of phenols is 1. The summed E-state index contributed by atoms with van der Waals surface area (Å²) in [7, 11) is 0. The van der Waals surface area contributed by atoms with Crippen molar-refractivity contribution in [2.24, 2.45) is 5.73 Å². The average Bonchev–Trinajstić information content (AvgIpc) is 2.53. The van der Waals surface area contributed by atoms with Gasteiger partial charge in [-0.25, -0.2) is 0 Å². The molecule has 2 rings (SSSR count). The van der Waals surface area contributed by atoms with E-state index in [1.54, 1.807) is 13.0 Å². The fraction of sp³-hybridized carbons (Fsp3) is 0.278. The highest BCUT2D eigenvalue weighted by atomic mass is 35.5. The number of halogens is 1. The molecule has 0 aliphatic carbocycles. The van der Waals surface area contributed by atoms with Crippen LogP contribution in [0.15, 0.2) is 42.5 Å². The van der Waals surface area contributed by atoms with Crippen molar-refractivity contribution >= 4 is 17.6 Å². The van der Waals surface area contributed by atoms with E-state index in [9.17, 15) is 9.90 Å². The highest BCUT2D eigenvalue weighted by Gasteiger charge is 2.19. The maximum atomic E-state index is 11.7. The first kappa shape index (κ1) is 17.3. The Morgan fingerprint density at radius 1 is 1.26 bits per heavy atom. The molecule has 0 amide bonds. The van der Waals surface area contributed by atoms with Crippen molar-refractivity contribution < 1.29 is 14.6 Å². The highest BCUT2D eigenvalue weighted by molar-refractivity contribution is 6.32. The van der Waals surface area contributed by atoms with Gasteiger partial charge in [-0.3, -0.25) is 4.79 Å². The largest absolute Gasteiger partial charge is 0.506 e. The summed E-state index contributed by atoms with van der Waals surface area (Å²) >= 11 is 6.10. The number of carbonyl (C=O) groups is 1. The van der Waals surface area contributed by atoms with Crippen LogP contribution in [0.5, 0.6) is 5.75 Å². The lowest BCUT2D eigenvalue weighted by Gasteiger charge is -2.14. The van der Waals surface area contributed by atoms with Crippen LogP contribution in [0.2, 0.25) is 5.02 Å². The second kappa shape index (κ2) is 7.99. The SMILES string of the molecule is CCOC(=O)C(N)Cc1cc(Cc2ccccc2)cc(Cl)c1O. The third-order valence-electron chi connectivity index (χ3n) is 3.48. The Balaban J connectivity index is 2.21. The van der Waals surface area contributed by atoms with Gasteiger partial charge in [-0.2, -0.15) is 0 Å². The van der Waals surface area contributed by atoms with Gasteiger partial charge >= 0.3 is 5.97 Å². The Kier molecular flexibility index (Phi) is 6.02. The Labute approximate surface area is 140 Å². The summed E-state index contributed by atoms with van der Waals surface area (Å²) in [5.41, 5.74) is 8.46. The number of benzene rings is 2. The number of ether oxygens (including phenoxy) is 1. The van der Waals surface area contributed by atoms with Gasteiger partial charge in [0.05, 0.1) is 11.6 Å². The summed E-state index contributed by atoms with van der Waals surface area (Å²) < 4.78 is 4.89. The molecule has 2 aromatic carbocycles. The number of carbonyl (C=O) groups excluding carboxylic acids is 1. The van der Waals surface area contributed by atoms with E-state index in [2.05, 4.69) is 0 Å². The van der Waals surface area contributed by atoms with E-state index in [0.717, 1.165) is 11.1 Å². The van der Waals surface area contributed by atoms with Crippen LogP contribution < -0.4 is 5.73 Å². The van der Waals surface area contributed by atoms with Crippen molar-refractivity contribution in [3.05, 3.63) is 64.2 Å². The Bertz CT molecular complexity index is 673. The summed E-state index contributed by atoms with van der Waals surface area (Å²) in [5, 5.41) is 10.4. The fourth-order valence-electron chi connectivity index (χ4n) is 2.38. The number of hydrogen-bond acceptors (Lipinski definition) is 4. The molecule has 2 aromatic rings. The first-order valence-corrected chi connectivity index (χ1v) is 7.85. The van der Waals surface area contributed by atoms with E-state index in [1.807, 2.05) is 36.4 Å². The molecule has 5 heteroatoms. The number of nitrogens with two attached hydrogens (primary N) is 1. The van der Waals surface area contributed by atoms with Crippen molar-refractivity contribution in [3.8, 4) is 5.75 Å². The molecule has 0 aromatic heterocycles. The average molecular weight is 334 g/mol. The molecule has 0 saturated carbocycles. The van der Waals surface area contributed by atoms with Crippen LogP contribution in [0, 0.1) is 0 Å². The molecular weight excluding hydrogens is 314 g/mol. The van der Waals surface area contributed by atoms with Crippen LogP contribution in [-0.4, -0.2) is 23.7 Å². The van der Waals surface area contributed by atoms with Crippen LogP contribution in [0.3, 0.4) is 0 Å². The maximum Gasteiger partial charge on any atom is 0.323 e. The van der Waals surface area contributed by atoms with Crippen molar-refractivity contribution in [1.82, 2.24) is 0 Å². The normalized spacial score (nSPS) is 12.0.